The van der Waals surface area contributed by atoms with Crippen LogP contribution in [0.25, 0.3) is 22.3 Å². The molecule has 0 fully saturated rings. The largest absolute Gasteiger partial charge is 0.307 e. The van der Waals surface area contributed by atoms with Gasteiger partial charge in [0.25, 0.3) is 0 Å². The molecule has 0 spiro atoms. The minimum atomic E-state index is -0.604. The molecule has 2 heterocycles. The molecule has 2 N–H and O–H groups in total. The second-order valence-electron chi connectivity index (χ2n) is 5.77. The third kappa shape index (κ3) is 3.30. The molecular weight excluding hydrogens is 345 g/mol. The molecule has 27 heavy (non-hydrogen) atoms. The predicted octanol–water partition coefficient (Wildman–Crippen LogP) is 3.69. The van der Waals surface area contributed by atoms with Gasteiger partial charge in [-0.05, 0) is 17.7 Å². The quantitative estimate of drug-likeness (QED) is 0.563. The molecule has 0 radical (unpaired) electrons. The summed E-state index contributed by atoms with van der Waals surface area (Å²) in [6.07, 6.45) is 0.133. The van der Waals surface area contributed by atoms with Crippen molar-refractivity contribution in [2.45, 2.75) is 13.1 Å². The number of nitriles is 1. The monoisotopic (exact) mass is 359 g/mol. The van der Waals surface area contributed by atoms with E-state index in [1.807, 2.05) is 36.4 Å². The maximum Gasteiger partial charge on any atom is 0.247 e. The molecule has 0 saturated carbocycles. The number of hydrogen-bond acceptors (Lipinski definition) is 6. The van der Waals surface area contributed by atoms with Crippen LogP contribution in [0, 0.1) is 11.3 Å². The Morgan fingerprint density at radius 1 is 1.04 bits per heavy atom. The lowest BCUT2D eigenvalue weighted by Crippen LogP contribution is -2.01. The minimum absolute atomic E-state index is 0.133. The highest BCUT2D eigenvalue weighted by atomic mass is 19.1. The van der Waals surface area contributed by atoms with E-state index in [0.717, 1.165) is 5.39 Å². The third-order valence-corrected chi connectivity index (χ3v) is 4.01. The molecule has 2 aromatic carbocycles. The van der Waals surface area contributed by atoms with Gasteiger partial charge in [-0.25, -0.2) is 14.4 Å². The summed E-state index contributed by atoms with van der Waals surface area (Å²) in [5.74, 6) is 1.68. The van der Waals surface area contributed by atoms with Crippen molar-refractivity contribution in [3.8, 4) is 17.5 Å². The summed E-state index contributed by atoms with van der Waals surface area (Å²) in [5.41, 5.74) is 1.87. The van der Waals surface area contributed by atoms with Crippen LogP contribution in [0.3, 0.4) is 0 Å². The van der Waals surface area contributed by atoms with E-state index in [1.54, 1.807) is 18.2 Å². The maximum absolute atomic E-state index is 13.4. The van der Waals surface area contributed by atoms with Gasteiger partial charge in [0.1, 0.15) is 18.3 Å². The Kier molecular flexibility index (Phi) is 4.41. The zero-order valence-corrected chi connectivity index (χ0v) is 14.1. The summed E-state index contributed by atoms with van der Waals surface area (Å²) in [6, 6.07) is 16.6. The van der Waals surface area contributed by atoms with Gasteiger partial charge in [0.05, 0.1) is 18.0 Å². The number of nitrogens with zero attached hydrogens (tertiary/aromatic N) is 5. The first-order chi connectivity index (χ1) is 13.3. The first-order valence-corrected chi connectivity index (χ1v) is 8.25. The Balaban J connectivity index is 1.82. The number of hydrogen-bond donors (Lipinski definition) is 2. The molecule has 0 amide bonds. The fraction of sp³-hybridized carbons (Fsp3) is 0.105. The number of para-hydroxylation sites is 1. The van der Waals surface area contributed by atoms with Crippen molar-refractivity contribution in [2.24, 2.45) is 0 Å². The lowest BCUT2D eigenvalue weighted by Gasteiger charge is -2.10. The van der Waals surface area contributed by atoms with Crippen LogP contribution >= 0.6 is 0 Å². The second-order valence-corrected chi connectivity index (χ2v) is 5.77. The van der Waals surface area contributed by atoms with E-state index >= 15 is 0 Å². The molecule has 0 unspecified atom stereocenters. The zero-order valence-electron chi connectivity index (χ0n) is 14.1. The molecule has 4 aromatic rings. The normalized spacial score (nSPS) is 10.7. The van der Waals surface area contributed by atoms with Crippen LogP contribution < -0.4 is 5.32 Å². The van der Waals surface area contributed by atoms with Crippen molar-refractivity contribution >= 4 is 22.7 Å². The lowest BCUT2D eigenvalue weighted by atomic mass is 10.1. The van der Waals surface area contributed by atoms with E-state index < -0.39 is 6.67 Å². The number of nitrogens with one attached hydrogen (secondary N) is 2. The van der Waals surface area contributed by atoms with E-state index in [9.17, 15) is 4.39 Å². The van der Waals surface area contributed by atoms with Gasteiger partial charge in [-0.15, -0.1) is 5.10 Å². The molecule has 0 aliphatic rings. The SMILES string of the molecule is N#CCc1nc(Nc2nc(-c3ccccc3CF)nc3ccccc23)n[nH]1. The topological polar surface area (TPSA) is 103 Å². The van der Waals surface area contributed by atoms with Crippen molar-refractivity contribution in [3.05, 3.63) is 59.9 Å². The van der Waals surface area contributed by atoms with E-state index in [1.165, 1.54) is 0 Å². The fourth-order valence-electron chi connectivity index (χ4n) is 2.76. The second kappa shape index (κ2) is 7.17. The van der Waals surface area contributed by atoms with Gasteiger partial charge >= 0.3 is 0 Å². The van der Waals surface area contributed by atoms with Gasteiger partial charge in [-0.2, -0.15) is 10.2 Å². The molecule has 8 heteroatoms. The van der Waals surface area contributed by atoms with Crippen LogP contribution in [-0.2, 0) is 13.1 Å². The van der Waals surface area contributed by atoms with Gasteiger partial charge in [0.2, 0.25) is 5.95 Å². The Morgan fingerprint density at radius 3 is 2.70 bits per heavy atom. The summed E-state index contributed by atoms with van der Waals surface area (Å²) in [7, 11) is 0. The van der Waals surface area contributed by atoms with Gasteiger partial charge in [-0.3, -0.25) is 5.10 Å². The van der Waals surface area contributed by atoms with Crippen LogP contribution in [0.1, 0.15) is 11.4 Å². The number of aromatic amines is 1. The Morgan fingerprint density at radius 2 is 1.85 bits per heavy atom. The van der Waals surface area contributed by atoms with E-state index in [2.05, 4.69) is 30.5 Å². The van der Waals surface area contributed by atoms with Gasteiger partial charge in [0.15, 0.2) is 5.82 Å². The Hall–Kier alpha value is -3.86. The molecule has 132 valence electrons. The van der Waals surface area contributed by atoms with Gasteiger partial charge in [0, 0.05) is 10.9 Å². The average molecular weight is 359 g/mol. The highest BCUT2D eigenvalue weighted by molar-refractivity contribution is 5.91. The lowest BCUT2D eigenvalue weighted by molar-refractivity contribution is 0.486. The summed E-state index contributed by atoms with van der Waals surface area (Å²) >= 11 is 0. The highest BCUT2D eigenvalue weighted by Gasteiger charge is 2.13. The van der Waals surface area contributed by atoms with Crippen LogP contribution in [0.4, 0.5) is 16.2 Å². The highest BCUT2D eigenvalue weighted by Crippen LogP contribution is 2.28. The van der Waals surface area contributed by atoms with Crippen molar-refractivity contribution in [3.63, 3.8) is 0 Å². The minimum Gasteiger partial charge on any atom is -0.307 e. The predicted molar refractivity (Wildman–Crippen MR) is 98.8 cm³/mol. The van der Waals surface area contributed by atoms with Crippen molar-refractivity contribution in [2.75, 3.05) is 5.32 Å². The number of halogens is 1. The fourth-order valence-corrected chi connectivity index (χ4v) is 2.76. The van der Waals surface area contributed by atoms with Gasteiger partial charge < -0.3 is 5.32 Å². The summed E-state index contributed by atoms with van der Waals surface area (Å²) in [6.45, 7) is -0.604. The number of anilines is 2. The van der Waals surface area contributed by atoms with Crippen LogP contribution in [0.15, 0.2) is 48.5 Å². The van der Waals surface area contributed by atoms with E-state index in [-0.39, 0.29) is 6.42 Å². The van der Waals surface area contributed by atoms with Crippen molar-refractivity contribution in [1.29, 1.82) is 5.26 Å². The first-order valence-electron chi connectivity index (χ1n) is 8.25. The standard InChI is InChI=1S/C19H14FN7/c20-11-12-5-1-2-6-13(12)17-22-15-8-4-3-7-14(15)18(24-17)25-19-23-16(9-10-21)26-27-19/h1-8H,9,11H2,(H2,22,23,24,25,26,27). The molecule has 2 aromatic heterocycles. The maximum atomic E-state index is 13.4. The van der Waals surface area contributed by atoms with Crippen molar-refractivity contribution in [1.82, 2.24) is 25.1 Å². The van der Waals surface area contributed by atoms with Crippen LogP contribution in [-0.4, -0.2) is 25.1 Å². The number of H-pyrrole nitrogens is 1. The molecule has 0 atom stereocenters. The summed E-state index contributed by atoms with van der Waals surface area (Å²) < 4.78 is 13.4. The molecule has 0 bridgehead atoms. The smallest absolute Gasteiger partial charge is 0.247 e. The number of alkyl halides is 1. The van der Waals surface area contributed by atoms with E-state index in [0.29, 0.717) is 40.1 Å². The summed E-state index contributed by atoms with van der Waals surface area (Å²) in [4.78, 5) is 13.4. The van der Waals surface area contributed by atoms with Crippen LogP contribution in [0.5, 0.6) is 0 Å². The molecule has 4 rings (SSSR count). The third-order valence-electron chi connectivity index (χ3n) is 4.01. The zero-order chi connectivity index (χ0) is 18.6. The number of benzene rings is 2. The summed E-state index contributed by atoms with van der Waals surface area (Å²) in [5, 5.41) is 19.4. The molecular formula is C19H14FN7. The first kappa shape index (κ1) is 16.6. The van der Waals surface area contributed by atoms with Crippen molar-refractivity contribution < 1.29 is 4.39 Å². The number of rotatable bonds is 5. The molecule has 0 saturated heterocycles. The van der Waals surface area contributed by atoms with Gasteiger partial charge in [-0.1, -0.05) is 36.4 Å². The Bertz CT molecular complexity index is 1150. The number of fused-ring (bicyclic) bond motifs is 1. The average Bonchev–Trinajstić information content (AvgIpc) is 3.15. The van der Waals surface area contributed by atoms with E-state index in [4.69, 9.17) is 5.26 Å². The molecule has 0 aliphatic heterocycles. The Labute approximate surface area is 153 Å². The molecule has 7 nitrogen and oxygen atoms in total. The number of aromatic nitrogens is 5. The molecule has 0 aliphatic carbocycles. The van der Waals surface area contributed by atoms with Crippen LogP contribution in [0.2, 0.25) is 0 Å².